The van der Waals surface area contributed by atoms with Crippen LogP contribution in [0, 0.1) is 6.92 Å². The number of nitrogens with zero attached hydrogens (tertiary/aromatic N) is 1. The topological polar surface area (TPSA) is 154 Å². The van der Waals surface area contributed by atoms with Gasteiger partial charge >= 0.3 is 11.7 Å². The molecular formula is C18H20N2O9S. The maximum Gasteiger partial charge on any atom is 0.330 e. The molecule has 1 aromatic carbocycles. The summed E-state index contributed by atoms with van der Waals surface area (Å²) in [7, 11) is -4.35. The molecule has 4 atom stereocenters. The molecule has 2 heterocycles. The smallest absolute Gasteiger partial charge is 0.330 e. The molecule has 12 heteroatoms. The average Bonchev–Trinajstić information content (AvgIpc) is 2.96. The highest BCUT2D eigenvalue weighted by atomic mass is 32.2. The second kappa shape index (κ2) is 8.52. The number of aromatic nitrogens is 2. The van der Waals surface area contributed by atoms with E-state index in [9.17, 15) is 27.9 Å². The molecule has 1 aliphatic rings. The summed E-state index contributed by atoms with van der Waals surface area (Å²) < 4.78 is 41.9. The summed E-state index contributed by atoms with van der Waals surface area (Å²) in [6.45, 7) is 2.54. The van der Waals surface area contributed by atoms with Crippen molar-refractivity contribution in [2.45, 2.75) is 43.3 Å². The predicted molar refractivity (Wildman–Crippen MR) is 101 cm³/mol. The zero-order valence-electron chi connectivity index (χ0n) is 16.0. The first-order valence-corrected chi connectivity index (χ1v) is 10.3. The summed E-state index contributed by atoms with van der Waals surface area (Å²) >= 11 is 0. The lowest BCUT2D eigenvalue weighted by Crippen LogP contribution is -2.40. The van der Waals surface area contributed by atoms with Crippen LogP contribution >= 0.6 is 0 Å². The molecule has 0 unspecified atom stereocenters. The molecular weight excluding hydrogens is 420 g/mol. The van der Waals surface area contributed by atoms with Crippen LogP contribution in [0.15, 0.2) is 51.0 Å². The number of hydrogen-bond donors (Lipinski definition) is 2. The molecule has 2 aromatic rings. The van der Waals surface area contributed by atoms with E-state index in [1.54, 1.807) is 19.1 Å². The Morgan fingerprint density at radius 2 is 1.90 bits per heavy atom. The molecule has 1 aliphatic heterocycles. The maximum atomic E-state index is 12.7. The van der Waals surface area contributed by atoms with Gasteiger partial charge in [-0.2, -0.15) is 8.42 Å². The van der Waals surface area contributed by atoms with E-state index in [1.807, 2.05) is 4.98 Å². The Morgan fingerprint density at radius 3 is 2.50 bits per heavy atom. The van der Waals surface area contributed by atoms with Crippen molar-refractivity contribution in [2.24, 2.45) is 0 Å². The van der Waals surface area contributed by atoms with E-state index in [4.69, 9.17) is 13.7 Å². The molecule has 0 radical (unpaired) electrons. The standard InChI is InChI=1S/C18H20N2O9S/c1-10-3-5-12(6-4-10)30(25,26)29-16-15(23)13(9-27-11(2)21)28-17(16)20-8-7-14(22)19-18(20)24/h3-8,13,15-17,23H,9H2,1-2H3,(H,19,22,24)/t13-,15-,16-,17-/m1/s1. The van der Waals surface area contributed by atoms with Crippen molar-refractivity contribution in [3.8, 4) is 0 Å². The van der Waals surface area contributed by atoms with Crippen molar-refractivity contribution in [1.82, 2.24) is 9.55 Å². The molecule has 0 spiro atoms. The van der Waals surface area contributed by atoms with Crippen LogP contribution in [-0.4, -0.2) is 54.0 Å². The Morgan fingerprint density at radius 1 is 1.23 bits per heavy atom. The van der Waals surface area contributed by atoms with Crippen LogP contribution in [0.3, 0.4) is 0 Å². The van der Waals surface area contributed by atoms with Crippen molar-refractivity contribution in [2.75, 3.05) is 6.61 Å². The molecule has 11 nitrogen and oxygen atoms in total. The monoisotopic (exact) mass is 440 g/mol. The normalized spacial score (nSPS) is 24.0. The minimum atomic E-state index is -4.35. The Hall–Kier alpha value is -2.80. The van der Waals surface area contributed by atoms with Gasteiger partial charge in [0.1, 0.15) is 18.8 Å². The van der Waals surface area contributed by atoms with Gasteiger partial charge in [0.05, 0.1) is 4.90 Å². The number of rotatable bonds is 6. The zero-order valence-corrected chi connectivity index (χ0v) is 16.9. The number of H-pyrrole nitrogens is 1. The van der Waals surface area contributed by atoms with Gasteiger partial charge in [-0.3, -0.25) is 23.3 Å². The fraction of sp³-hybridized carbons (Fsp3) is 0.389. The first-order valence-electron chi connectivity index (χ1n) is 8.87. The predicted octanol–water partition coefficient (Wildman–Crippen LogP) is -0.559. The van der Waals surface area contributed by atoms with Gasteiger partial charge < -0.3 is 14.6 Å². The molecule has 0 saturated carbocycles. The number of aryl methyl sites for hydroxylation is 1. The maximum absolute atomic E-state index is 12.7. The molecule has 1 aromatic heterocycles. The molecule has 2 N–H and O–H groups in total. The van der Waals surface area contributed by atoms with Gasteiger partial charge in [0, 0.05) is 19.2 Å². The van der Waals surface area contributed by atoms with Crippen molar-refractivity contribution >= 4 is 16.1 Å². The van der Waals surface area contributed by atoms with Crippen LogP contribution in [0.4, 0.5) is 0 Å². The summed E-state index contributed by atoms with van der Waals surface area (Å²) in [5.41, 5.74) is -0.734. The van der Waals surface area contributed by atoms with Crippen LogP contribution in [0.5, 0.6) is 0 Å². The number of nitrogens with one attached hydrogen (secondary N) is 1. The minimum absolute atomic E-state index is 0.156. The van der Waals surface area contributed by atoms with Crippen molar-refractivity contribution in [3.05, 3.63) is 62.9 Å². The first kappa shape index (κ1) is 21.9. The van der Waals surface area contributed by atoms with Gasteiger partial charge in [0.15, 0.2) is 12.3 Å². The third kappa shape index (κ3) is 4.67. The SMILES string of the molecule is CC(=O)OC[C@H]1O[C@@H](n2ccc(=O)[nH]c2=O)[C@H](OS(=O)(=O)c2ccc(C)cc2)[C@@H]1O. The van der Waals surface area contributed by atoms with E-state index in [-0.39, 0.29) is 4.90 Å². The third-order valence-corrected chi connectivity index (χ3v) is 5.76. The molecule has 1 saturated heterocycles. The number of carbonyl (C=O) groups is 1. The summed E-state index contributed by atoms with van der Waals surface area (Å²) in [5, 5.41) is 10.6. The van der Waals surface area contributed by atoms with Crippen LogP contribution in [0.2, 0.25) is 0 Å². The van der Waals surface area contributed by atoms with Gasteiger partial charge in [-0.15, -0.1) is 0 Å². The molecule has 162 valence electrons. The van der Waals surface area contributed by atoms with Crippen molar-refractivity contribution < 1.29 is 32.0 Å². The molecule has 0 bridgehead atoms. The van der Waals surface area contributed by atoms with E-state index < -0.39 is 58.5 Å². The van der Waals surface area contributed by atoms with E-state index in [2.05, 4.69) is 0 Å². The van der Waals surface area contributed by atoms with Crippen molar-refractivity contribution in [1.29, 1.82) is 0 Å². The number of aliphatic hydroxyl groups excluding tert-OH is 1. The summed E-state index contributed by atoms with van der Waals surface area (Å²) in [4.78, 5) is 36.5. The molecule has 3 rings (SSSR count). The van der Waals surface area contributed by atoms with Crippen LogP contribution in [-0.2, 0) is 28.6 Å². The highest BCUT2D eigenvalue weighted by molar-refractivity contribution is 7.86. The van der Waals surface area contributed by atoms with Crippen LogP contribution in [0.1, 0.15) is 18.7 Å². The van der Waals surface area contributed by atoms with Gasteiger partial charge in [-0.05, 0) is 19.1 Å². The van der Waals surface area contributed by atoms with E-state index in [0.29, 0.717) is 0 Å². The fourth-order valence-corrected chi connectivity index (χ4v) is 4.00. The number of carbonyl (C=O) groups excluding carboxylic acids is 1. The number of esters is 1. The van der Waals surface area contributed by atoms with Gasteiger partial charge in [-0.25, -0.2) is 4.79 Å². The average molecular weight is 440 g/mol. The summed E-state index contributed by atoms with van der Waals surface area (Å²) in [6.07, 6.45) is -4.61. The number of aliphatic hydroxyl groups is 1. The van der Waals surface area contributed by atoms with E-state index in [0.717, 1.165) is 29.3 Å². The largest absolute Gasteiger partial charge is 0.463 e. The van der Waals surface area contributed by atoms with Crippen LogP contribution in [0.25, 0.3) is 0 Å². The second-order valence-electron chi connectivity index (χ2n) is 6.70. The van der Waals surface area contributed by atoms with E-state index in [1.165, 1.54) is 12.1 Å². The number of ether oxygens (including phenoxy) is 2. The number of aromatic amines is 1. The van der Waals surface area contributed by atoms with Gasteiger partial charge in [-0.1, -0.05) is 17.7 Å². The Bertz CT molecular complexity index is 1140. The van der Waals surface area contributed by atoms with Crippen molar-refractivity contribution in [3.63, 3.8) is 0 Å². The van der Waals surface area contributed by atoms with E-state index >= 15 is 0 Å². The highest BCUT2D eigenvalue weighted by Gasteiger charge is 2.48. The zero-order chi connectivity index (χ0) is 22.1. The molecule has 0 aliphatic carbocycles. The third-order valence-electron chi connectivity index (χ3n) is 4.44. The minimum Gasteiger partial charge on any atom is -0.463 e. The molecule has 1 fully saturated rings. The highest BCUT2D eigenvalue weighted by Crippen LogP contribution is 2.33. The fourth-order valence-electron chi connectivity index (χ4n) is 2.92. The lowest BCUT2D eigenvalue weighted by molar-refractivity contribution is -0.147. The van der Waals surface area contributed by atoms with Gasteiger partial charge in [0.25, 0.3) is 15.7 Å². The van der Waals surface area contributed by atoms with Gasteiger partial charge in [0.2, 0.25) is 0 Å². The second-order valence-corrected chi connectivity index (χ2v) is 8.28. The quantitative estimate of drug-likeness (QED) is 0.444. The Balaban J connectivity index is 1.96. The Labute approximate surface area is 171 Å². The summed E-state index contributed by atoms with van der Waals surface area (Å²) in [5.74, 6) is -0.639. The lowest BCUT2D eigenvalue weighted by Gasteiger charge is -2.21. The van der Waals surface area contributed by atoms with Crippen LogP contribution < -0.4 is 11.2 Å². The Kier molecular flexibility index (Phi) is 6.22. The summed E-state index contributed by atoms with van der Waals surface area (Å²) in [6, 6.07) is 6.85. The first-order chi connectivity index (χ1) is 14.1. The number of benzene rings is 1. The molecule has 0 amide bonds. The lowest BCUT2D eigenvalue weighted by atomic mass is 10.1. The number of hydrogen-bond acceptors (Lipinski definition) is 9. The molecule has 30 heavy (non-hydrogen) atoms.